The average Bonchev–Trinajstić information content (AvgIpc) is 3.37. The number of hydrogen-bond acceptors (Lipinski definition) is 5. The van der Waals surface area contributed by atoms with Crippen molar-refractivity contribution in [2.75, 3.05) is 30.9 Å². The molecule has 31 heavy (non-hydrogen) atoms. The summed E-state index contributed by atoms with van der Waals surface area (Å²) in [6, 6.07) is 9.37. The number of aromatic nitrogens is 2. The Bertz CT molecular complexity index is 1050. The van der Waals surface area contributed by atoms with Crippen LogP contribution in [0.3, 0.4) is 0 Å². The topological polar surface area (TPSA) is 110 Å². The molecule has 2 fully saturated rings. The standard InChI is InChI=1S/C23H30N4O4/c1-31-10-9-26(19(28)13-18-12-16-7-8-17(18)11-16)20-21(24)27(23(30)25-22(20)29)14-15-5-3-2-4-6-15/h2-6,16-18H,7-14,24H2,1H3,(H,25,29,30). The predicted octanol–water partition coefficient (Wildman–Crippen LogP) is 1.97. The highest BCUT2D eigenvalue weighted by atomic mass is 16.5. The van der Waals surface area contributed by atoms with Gasteiger partial charge in [0.25, 0.3) is 5.56 Å². The maximum absolute atomic E-state index is 13.3. The van der Waals surface area contributed by atoms with Crippen molar-refractivity contribution in [1.29, 1.82) is 0 Å². The van der Waals surface area contributed by atoms with Crippen LogP contribution in [0.15, 0.2) is 39.9 Å². The number of methoxy groups -OCH3 is 1. The fraction of sp³-hybridized carbons (Fsp3) is 0.522. The number of anilines is 2. The van der Waals surface area contributed by atoms with Crippen molar-refractivity contribution < 1.29 is 9.53 Å². The third kappa shape index (κ3) is 4.44. The van der Waals surface area contributed by atoms with Gasteiger partial charge in [0.15, 0.2) is 5.69 Å². The number of fused-ring (bicyclic) bond motifs is 2. The predicted molar refractivity (Wildman–Crippen MR) is 119 cm³/mol. The Morgan fingerprint density at radius 1 is 1.23 bits per heavy atom. The lowest BCUT2D eigenvalue weighted by molar-refractivity contribution is -0.120. The van der Waals surface area contributed by atoms with E-state index in [4.69, 9.17) is 10.5 Å². The molecule has 0 aliphatic heterocycles. The molecule has 1 aromatic carbocycles. The van der Waals surface area contributed by atoms with Crippen molar-refractivity contribution in [2.24, 2.45) is 17.8 Å². The Balaban J connectivity index is 1.65. The highest BCUT2D eigenvalue weighted by molar-refractivity contribution is 5.95. The molecule has 3 atom stereocenters. The summed E-state index contributed by atoms with van der Waals surface area (Å²) >= 11 is 0. The van der Waals surface area contributed by atoms with Crippen LogP contribution in [-0.2, 0) is 16.1 Å². The fourth-order valence-corrected chi connectivity index (χ4v) is 5.27. The van der Waals surface area contributed by atoms with Gasteiger partial charge in [0.2, 0.25) is 5.91 Å². The van der Waals surface area contributed by atoms with Crippen molar-refractivity contribution >= 4 is 17.4 Å². The Labute approximate surface area is 181 Å². The molecule has 2 aliphatic carbocycles. The van der Waals surface area contributed by atoms with Crippen molar-refractivity contribution in [3.8, 4) is 0 Å². The number of ether oxygens (including phenoxy) is 1. The van der Waals surface area contributed by atoms with Crippen LogP contribution < -0.4 is 21.9 Å². The summed E-state index contributed by atoms with van der Waals surface area (Å²) in [4.78, 5) is 42.3. The van der Waals surface area contributed by atoms with Gasteiger partial charge in [-0.3, -0.25) is 19.1 Å². The molecule has 2 aliphatic rings. The van der Waals surface area contributed by atoms with Crippen LogP contribution in [0.25, 0.3) is 0 Å². The van der Waals surface area contributed by atoms with Crippen LogP contribution in [0.1, 0.15) is 37.7 Å². The van der Waals surface area contributed by atoms with Crippen LogP contribution in [0.5, 0.6) is 0 Å². The largest absolute Gasteiger partial charge is 0.383 e. The van der Waals surface area contributed by atoms with E-state index in [1.165, 1.54) is 28.7 Å². The Kier molecular flexibility index (Phi) is 6.27. The van der Waals surface area contributed by atoms with E-state index in [0.717, 1.165) is 17.9 Å². The molecular formula is C23H30N4O4. The number of carbonyl (C=O) groups is 1. The van der Waals surface area contributed by atoms with E-state index < -0.39 is 11.2 Å². The molecule has 166 valence electrons. The zero-order valence-electron chi connectivity index (χ0n) is 17.9. The number of carbonyl (C=O) groups excluding carboxylic acids is 1. The fourth-order valence-electron chi connectivity index (χ4n) is 5.27. The summed E-state index contributed by atoms with van der Waals surface area (Å²) in [7, 11) is 1.54. The summed E-state index contributed by atoms with van der Waals surface area (Å²) in [5.74, 6) is 1.54. The number of hydrogen-bond donors (Lipinski definition) is 2. The number of benzene rings is 1. The van der Waals surface area contributed by atoms with Crippen LogP contribution in [0, 0.1) is 17.8 Å². The lowest BCUT2D eigenvalue weighted by atomic mass is 9.86. The lowest BCUT2D eigenvalue weighted by Crippen LogP contribution is -2.43. The Hall–Kier alpha value is -2.87. The molecule has 4 rings (SSSR count). The van der Waals surface area contributed by atoms with Gasteiger partial charge in [-0.2, -0.15) is 0 Å². The van der Waals surface area contributed by atoms with Crippen LogP contribution in [-0.4, -0.2) is 35.7 Å². The number of nitrogen functional groups attached to an aromatic ring is 1. The van der Waals surface area contributed by atoms with Gasteiger partial charge < -0.3 is 15.4 Å². The maximum Gasteiger partial charge on any atom is 0.330 e. The van der Waals surface area contributed by atoms with Crippen LogP contribution >= 0.6 is 0 Å². The van der Waals surface area contributed by atoms with Crippen LogP contribution in [0.4, 0.5) is 11.5 Å². The molecule has 8 heteroatoms. The highest BCUT2D eigenvalue weighted by Gasteiger charge is 2.41. The number of nitrogens with two attached hydrogens (primary N) is 1. The number of nitrogens with zero attached hydrogens (tertiary/aromatic N) is 2. The molecule has 3 unspecified atom stereocenters. The minimum atomic E-state index is -0.649. The molecule has 1 amide bonds. The molecule has 3 N–H and O–H groups in total. The highest BCUT2D eigenvalue weighted by Crippen LogP contribution is 2.49. The monoisotopic (exact) mass is 426 g/mol. The SMILES string of the molecule is COCCN(C(=O)CC1CC2CCC1C2)c1c(N)n(Cc2ccccc2)c(=O)[nH]c1=O. The van der Waals surface area contributed by atoms with E-state index in [-0.39, 0.29) is 37.1 Å². The molecule has 2 aromatic rings. The third-order valence-corrected chi connectivity index (χ3v) is 6.81. The molecular weight excluding hydrogens is 396 g/mol. The molecule has 0 radical (unpaired) electrons. The van der Waals surface area contributed by atoms with Gasteiger partial charge in [0.05, 0.1) is 13.2 Å². The Morgan fingerprint density at radius 2 is 2.00 bits per heavy atom. The minimum Gasteiger partial charge on any atom is -0.383 e. The minimum absolute atomic E-state index is 0.00463. The number of rotatable bonds is 8. The van der Waals surface area contributed by atoms with Crippen LogP contribution in [0.2, 0.25) is 0 Å². The van der Waals surface area contributed by atoms with Gasteiger partial charge in [-0.1, -0.05) is 36.8 Å². The van der Waals surface area contributed by atoms with E-state index in [1.54, 1.807) is 7.11 Å². The summed E-state index contributed by atoms with van der Waals surface area (Å²) < 4.78 is 6.48. The van der Waals surface area contributed by atoms with Gasteiger partial charge in [-0.25, -0.2) is 4.79 Å². The molecule has 0 spiro atoms. The molecule has 0 saturated heterocycles. The number of amides is 1. The molecule has 2 saturated carbocycles. The van der Waals surface area contributed by atoms with Gasteiger partial charge in [-0.05, 0) is 42.6 Å². The summed E-state index contributed by atoms with van der Waals surface area (Å²) in [5, 5.41) is 0. The van der Waals surface area contributed by atoms with E-state index >= 15 is 0 Å². The normalized spacial score (nSPS) is 22.0. The first-order valence-electron chi connectivity index (χ1n) is 10.9. The van der Waals surface area contributed by atoms with Gasteiger partial charge >= 0.3 is 5.69 Å². The number of aromatic amines is 1. The molecule has 2 bridgehead atoms. The second kappa shape index (κ2) is 9.09. The zero-order chi connectivity index (χ0) is 22.0. The van der Waals surface area contributed by atoms with E-state index in [2.05, 4.69) is 4.98 Å². The molecule has 1 aromatic heterocycles. The summed E-state index contributed by atoms with van der Waals surface area (Å²) in [6.45, 7) is 0.667. The first-order chi connectivity index (χ1) is 15.0. The van der Waals surface area contributed by atoms with E-state index in [0.29, 0.717) is 18.3 Å². The van der Waals surface area contributed by atoms with Gasteiger partial charge in [0, 0.05) is 20.1 Å². The van der Waals surface area contributed by atoms with E-state index in [1.807, 2.05) is 30.3 Å². The molecule has 8 nitrogen and oxygen atoms in total. The van der Waals surface area contributed by atoms with Crippen molar-refractivity contribution in [3.05, 3.63) is 56.7 Å². The summed E-state index contributed by atoms with van der Waals surface area (Å²) in [6.07, 6.45) is 5.13. The second-order valence-corrected chi connectivity index (χ2v) is 8.74. The first kappa shape index (κ1) is 21.4. The summed E-state index contributed by atoms with van der Waals surface area (Å²) in [5.41, 5.74) is 5.97. The average molecular weight is 427 g/mol. The van der Waals surface area contributed by atoms with Gasteiger partial charge in [0.1, 0.15) is 5.82 Å². The second-order valence-electron chi connectivity index (χ2n) is 8.74. The number of H-pyrrole nitrogens is 1. The quantitative estimate of drug-likeness (QED) is 0.671. The smallest absolute Gasteiger partial charge is 0.330 e. The van der Waals surface area contributed by atoms with E-state index in [9.17, 15) is 14.4 Å². The van der Waals surface area contributed by atoms with Gasteiger partial charge in [-0.15, -0.1) is 0 Å². The lowest BCUT2D eigenvalue weighted by Gasteiger charge is -2.27. The zero-order valence-corrected chi connectivity index (χ0v) is 17.9. The number of nitrogens with one attached hydrogen (secondary N) is 1. The maximum atomic E-state index is 13.3. The Morgan fingerprint density at radius 3 is 2.65 bits per heavy atom. The van der Waals surface area contributed by atoms with Crippen molar-refractivity contribution in [3.63, 3.8) is 0 Å². The first-order valence-corrected chi connectivity index (χ1v) is 10.9. The van der Waals surface area contributed by atoms with Crippen molar-refractivity contribution in [2.45, 2.75) is 38.6 Å². The van der Waals surface area contributed by atoms with Crippen molar-refractivity contribution in [1.82, 2.24) is 9.55 Å². The molecule has 1 heterocycles. The third-order valence-electron chi connectivity index (χ3n) is 6.81.